The second-order valence-electron chi connectivity index (χ2n) is 9.09. The van der Waals surface area contributed by atoms with E-state index in [1.807, 2.05) is 30.3 Å². The molecule has 11 heteroatoms. The van der Waals surface area contributed by atoms with E-state index in [9.17, 15) is 31.1 Å². The average molecular weight is 562 g/mol. The molecule has 1 N–H and O–H groups in total. The molecule has 1 atom stereocenters. The summed E-state index contributed by atoms with van der Waals surface area (Å²) in [4.78, 5) is 19.2. The van der Waals surface area contributed by atoms with Crippen LogP contribution < -0.4 is 5.32 Å². The first kappa shape index (κ1) is 28.7. The molecule has 40 heavy (non-hydrogen) atoms. The van der Waals surface area contributed by atoms with Gasteiger partial charge in [0.2, 0.25) is 0 Å². The maximum atomic E-state index is 13.2. The number of hydrogen-bond donors (Lipinski definition) is 1. The molecule has 4 rings (SSSR count). The summed E-state index contributed by atoms with van der Waals surface area (Å²) in [6.07, 6.45) is -9.02. The molecule has 0 aromatic heterocycles. The van der Waals surface area contributed by atoms with Crippen molar-refractivity contribution in [3.05, 3.63) is 118 Å². The molecule has 1 aliphatic heterocycles. The van der Waals surface area contributed by atoms with E-state index in [0.717, 1.165) is 29.8 Å². The molecule has 1 heterocycles. The van der Waals surface area contributed by atoms with Crippen molar-refractivity contribution in [2.24, 2.45) is 4.99 Å². The van der Waals surface area contributed by atoms with Crippen LogP contribution >= 0.6 is 0 Å². The Hall–Kier alpha value is -4.28. The third-order valence-electron chi connectivity index (χ3n) is 6.47. The van der Waals surface area contributed by atoms with E-state index in [1.54, 1.807) is 11.8 Å². The number of halogens is 6. The largest absolute Gasteiger partial charge is 0.466 e. The van der Waals surface area contributed by atoms with Crippen LogP contribution in [0.3, 0.4) is 0 Å². The number of nitrogens with zero attached hydrogens (tertiary/aromatic N) is 2. The van der Waals surface area contributed by atoms with E-state index in [2.05, 4.69) is 10.3 Å². The van der Waals surface area contributed by atoms with Gasteiger partial charge in [-0.3, -0.25) is 0 Å². The number of hydrogen-bond acceptors (Lipinski definition) is 3. The van der Waals surface area contributed by atoms with Gasteiger partial charge in [-0.1, -0.05) is 54.6 Å². The zero-order valence-corrected chi connectivity index (χ0v) is 21.5. The summed E-state index contributed by atoms with van der Waals surface area (Å²) >= 11 is 0. The van der Waals surface area contributed by atoms with E-state index in [-0.39, 0.29) is 18.7 Å². The minimum absolute atomic E-state index is 0.0603. The van der Waals surface area contributed by atoms with E-state index in [4.69, 9.17) is 4.74 Å². The smallest absolute Gasteiger partial charge is 0.416 e. The summed E-state index contributed by atoms with van der Waals surface area (Å²) in [5.74, 6) is -0.423. The molecule has 0 saturated heterocycles. The molecule has 5 nitrogen and oxygen atoms in total. The number of carbonyl (C=O) groups is 1. The lowest BCUT2D eigenvalue weighted by molar-refractivity contribution is -0.138. The van der Waals surface area contributed by atoms with Gasteiger partial charge in [-0.2, -0.15) is 26.3 Å². The van der Waals surface area contributed by atoms with Gasteiger partial charge in [0.05, 0.1) is 42.9 Å². The number of nitrogens with one attached hydrogen (secondary N) is 1. The van der Waals surface area contributed by atoms with Crippen LogP contribution in [0.15, 0.2) is 95.1 Å². The molecule has 0 amide bonds. The zero-order chi connectivity index (χ0) is 29.1. The molecule has 1 aliphatic rings. The number of aliphatic imine (C=N–C) groups is 1. The first-order chi connectivity index (χ1) is 18.9. The normalized spacial score (nSPS) is 17.1. The molecular formula is C29H25F6N3O2. The van der Waals surface area contributed by atoms with Crippen LogP contribution in [0.25, 0.3) is 0 Å². The quantitative estimate of drug-likeness (QED) is 0.264. The topological polar surface area (TPSA) is 53.9 Å². The van der Waals surface area contributed by atoms with Gasteiger partial charge in [-0.05, 0) is 47.9 Å². The highest BCUT2D eigenvalue weighted by Crippen LogP contribution is 2.35. The van der Waals surface area contributed by atoms with Crippen LogP contribution in [0.4, 0.5) is 26.3 Å². The van der Waals surface area contributed by atoms with Crippen molar-refractivity contribution >= 4 is 11.9 Å². The molecule has 3 aromatic carbocycles. The van der Waals surface area contributed by atoms with Crippen molar-refractivity contribution in [1.82, 2.24) is 10.2 Å². The van der Waals surface area contributed by atoms with Crippen LogP contribution in [0.5, 0.6) is 0 Å². The fourth-order valence-electron chi connectivity index (χ4n) is 4.34. The third-order valence-corrected chi connectivity index (χ3v) is 6.47. The van der Waals surface area contributed by atoms with Crippen molar-refractivity contribution in [2.75, 3.05) is 7.11 Å². The lowest BCUT2D eigenvalue weighted by Gasteiger charge is -2.38. The molecule has 0 spiro atoms. The number of alkyl halides is 6. The van der Waals surface area contributed by atoms with Crippen LogP contribution in [-0.2, 0) is 35.0 Å². The van der Waals surface area contributed by atoms with Gasteiger partial charge >= 0.3 is 18.3 Å². The predicted octanol–water partition coefficient (Wildman–Crippen LogP) is 6.87. The van der Waals surface area contributed by atoms with Gasteiger partial charge in [0.25, 0.3) is 0 Å². The van der Waals surface area contributed by atoms with Crippen molar-refractivity contribution in [3.63, 3.8) is 0 Å². The Labute approximate surface area is 226 Å². The maximum absolute atomic E-state index is 13.2. The van der Waals surface area contributed by atoms with Gasteiger partial charge in [0.15, 0.2) is 5.96 Å². The molecule has 0 bridgehead atoms. The lowest BCUT2D eigenvalue weighted by Crippen LogP contribution is -2.48. The van der Waals surface area contributed by atoms with E-state index >= 15 is 0 Å². The number of rotatable bonds is 6. The Balaban J connectivity index is 1.78. The summed E-state index contributed by atoms with van der Waals surface area (Å²) in [7, 11) is 1.19. The summed E-state index contributed by atoms with van der Waals surface area (Å²) in [5.41, 5.74) is 0.644. The Morgan fingerprint density at radius 2 is 1.40 bits per heavy atom. The third kappa shape index (κ3) is 6.47. The standard InChI is InChI=1S/C29H25F6N3O2/c1-18-24(26(39)40-2)25(21-10-14-23(15-11-21)29(33,34)35)37-27(36-16-19-6-4-3-5-7-19)38(18)17-20-8-12-22(13-9-20)28(30,31)32/h3-15,25H,16-17H2,1-2H3,(H,36,37). The Bertz CT molecular complexity index is 1400. The van der Waals surface area contributed by atoms with Crippen LogP contribution in [0, 0.1) is 0 Å². The molecule has 0 saturated carbocycles. The maximum Gasteiger partial charge on any atom is 0.416 e. The summed E-state index contributed by atoms with van der Waals surface area (Å²) in [6, 6.07) is 17.4. The van der Waals surface area contributed by atoms with E-state index < -0.39 is 35.5 Å². The second-order valence-corrected chi connectivity index (χ2v) is 9.09. The highest BCUT2D eigenvalue weighted by molar-refractivity contribution is 5.96. The number of esters is 1. The molecule has 3 aromatic rings. The number of methoxy groups -OCH3 is 1. The lowest BCUT2D eigenvalue weighted by atomic mass is 9.93. The summed E-state index contributed by atoms with van der Waals surface area (Å²) in [6.45, 7) is 1.92. The van der Waals surface area contributed by atoms with Gasteiger partial charge in [0, 0.05) is 5.70 Å². The number of guanidine groups is 1. The predicted molar refractivity (Wildman–Crippen MR) is 137 cm³/mol. The Morgan fingerprint density at radius 3 is 1.93 bits per heavy atom. The molecular weight excluding hydrogens is 536 g/mol. The van der Waals surface area contributed by atoms with E-state index in [0.29, 0.717) is 22.8 Å². The average Bonchev–Trinajstić information content (AvgIpc) is 2.92. The van der Waals surface area contributed by atoms with Gasteiger partial charge in [-0.25, -0.2) is 9.79 Å². The van der Waals surface area contributed by atoms with Crippen molar-refractivity contribution in [3.8, 4) is 0 Å². The van der Waals surface area contributed by atoms with Crippen molar-refractivity contribution in [1.29, 1.82) is 0 Å². The van der Waals surface area contributed by atoms with Crippen molar-refractivity contribution in [2.45, 2.75) is 38.4 Å². The first-order valence-electron chi connectivity index (χ1n) is 12.1. The monoisotopic (exact) mass is 561 g/mol. The van der Waals surface area contributed by atoms with Gasteiger partial charge < -0.3 is 15.0 Å². The summed E-state index contributed by atoms with van der Waals surface area (Å²) in [5, 5.41) is 3.16. The van der Waals surface area contributed by atoms with Gasteiger partial charge in [0.1, 0.15) is 0 Å². The second kappa shape index (κ2) is 11.4. The highest BCUT2D eigenvalue weighted by Gasteiger charge is 2.37. The molecule has 0 radical (unpaired) electrons. The van der Waals surface area contributed by atoms with Gasteiger partial charge in [-0.15, -0.1) is 0 Å². The molecule has 210 valence electrons. The fourth-order valence-corrected chi connectivity index (χ4v) is 4.34. The minimum atomic E-state index is -4.53. The molecule has 0 aliphatic carbocycles. The first-order valence-corrected chi connectivity index (χ1v) is 12.1. The van der Waals surface area contributed by atoms with Crippen LogP contribution in [0.1, 0.15) is 40.8 Å². The zero-order valence-electron chi connectivity index (χ0n) is 21.5. The van der Waals surface area contributed by atoms with Crippen LogP contribution in [-0.4, -0.2) is 23.9 Å². The number of benzene rings is 3. The fraction of sp³-hybridized carbons (Fsp3) is 0.241. The molecule has 1 unspecified atom stereocenters. The molecule has 0 fully saturated rings. The summed E-state index contributed by atoms with van der Waals surface area (Å²) < 4.78 is 83.7. The van der Waals surface area contributed by atoms with Crippen molar-refractivity contribution < 1.29 is 35.9 Å². The van der Waals surface area contributed by atoms with E-state index in [1.165, 1.54) is 31.4 Å². The Kier molecular flexibility index (Phi) is 8.22. The highest BCUT2D eigenvalue weighted by atomic mass is 19.4. The Morgan fingerprint density at radius 1 is 0.850 bits per heavy atom. The number of ether oxygens (including phenoxy) is 1. The number of carbonyl (C=O) groups excluding carboxylic acids is 1. The van der Waals surface area contributed by atoms with Crippen LogP contribution in [0.2, 0.25) is 0 Å². The SMILES string of the molecule is COC(=O)C1=C(C)N(Cc2ccc(C(F)(F)F)cc2)C(=NCc2ccccc2)NC1c1ccc(C(F)(F)F)cc1. The minimum Gasteiger partial charge on any atom is -0.466 e. The number of allylic oxidation sites excluding steroid dienone is 1.